The van der Waals surface area contributed by atoms with Crippen LogP contribution in [-0.2, 0) is 14.3 Å². The fourth-order valence-electron chi connectivity index (χ4n) is 2.92. The van der Waals surface area contributed by atoms with Gasteiger partial charge in [-0.25, -0.2) is 4.79 Å². The van der Waals surface area contributed by atoms with Crippen LogP contribution in [0.2, 0.25) is 0 Å². The van der Waals surface area contributed by atoms with Crippen molar-refractivity contribution in [3.05, 3.63) is 35.4 Å². The second kappa shape index (κ2) is 7.48. The maximum atomic E-state index is 12.3. The summed E-state index contributed by atoms with van der Waals surface area (Å²) in [6, 6.07) is 5.87. The molecule has 5 heteroatoms. The summed E-state index contributed by atoms with van der Waals surface area (Å²) in [4.78, 5) is 12.3. The van der Waals surface area contributed by atoms with Crippen molar-refractivity contribution in [3.8, 4) is 5.75 Å². The van der Waals surface area contributed by atoms with Gasteiger partial charge in [-0.2, -0.15) is 0 Å². The first-order valence-electron chi connectivity index (χ1n) is 8.65. The van der Waals surface area contributed by atoms with Crippen LogP contribution in [0.25, 0.3) is 0 Å². The molecule has 1 aromatic rings. The predicted molar refractivity (Wildman–Crippen MR) is 99.0 cm³/mol. The molecule has 25 heavy (non-hydrogen) atoms. The highest BCUT2D eigenvalue weighted by Gasteiger charge is 2.47. The molecular formula is C20H29NO4. The lowest BCUT2D eigenvalue weighted by Gasteiger charge is -2.44. The van der Waals surface area contributed by atoms with Gasteiger partial charge in [-0.1, -0.05) is 5.57 Å². The summed E-state index contributed by atoms with van der Waals surface area (Å²) in [6.45, 7) is 11.5. The van der Waals surface area contributed by atoms with Crippen molar-refractivity contribution < 1.29 is 19.0 Å². The number of esters is 1. The number of rotatable bonds is 5. The van der Waals surface area contributed by atoms with E-state index in [1.165, 1.54) is 6.08 Å². The number of fused-ring (bicyclic) bond motifs is 1. The smallest absolute Gasteiger partial charge is 0.331 e. The molecule has 2 atom stereocenters. The molecule has 0 aromatic heterocycles. The second-order valence-electron chi connectivity index (χ2n) is 7.39. The van der Waals surface area contributed by atoms with Crippen LogP contribution in [0.4, 0.5) is 5.69 Å². The first-order valence-corrected chi connectivity index (χ1v) is 8.65. The predicted octanol–water partition coefficient (Wildman–Crippen LogP) is 4.24. The van der Waals surface area contributed by atoms with Crippen LogP contribution in [0.1, 0.15) is 53.2 Å². The summed E-state index contributed by atoms with van der Waals surface area (Å²) in [5.41, 5.74) is 2.01. The van der Waals surface area contributed by atoms with Gasteiger partial charge >= 0.3 is 5.97 Å². The molecule has 1 N–H and O–H groups in total. The highest BCUT2D eigenvalue weighted by Crippen LogP contribution is 2.44. The number of hydrogen-bond acceptors (Lipinski definition) is 5. The second-order valence-corrected chi connectivity index (χ2v) is 7.39. The first-order chi connectivity index (χ1) is 11.6. The van der Waals surface area contributed by atoms with E-state index in [1.54, 1.807) is 0 Å². The average molecular weight is 347 g/mol. The van der Waals surface area contributed by atoms with E-state index in [-0.39, 0.29) is 12.1 Å². The molecule has 1 aliphatic heterocycles. The van der Waals surface area contributed by atoms with Crippen LogP contribution in [-0.4, -0.2) is 30.8 Å². The van der Waals surface area contributed by atoms with E-state index in [1.807, 2.05) is 66.8 Å². The summed E-state index contributed by atoms with van der Waals surface area (Å²) in [7, 11) is 1.86. The van der Waals surface area contributed by atoms with E-state index in [2.05, 4.69) is 5.32 Å². The topological polar surface area (TPSA) is 56.8 Å². The third kappa shape index (κ3) is 4.54. The lowest BCUT2D eigenvalue weighted by molar-refractivity contribution is -0.184. The summed E-state index contributed by atoms with van der Waals surface area (Å²) in [5.74, 6) is 0.372. The molecule has 2 rings (SSSR count). The van der Waals surface area contributed by atoms with Gasteiger partial charge in [-0.05, 0) is 59.7 Å². The fraction of sp³-hybridized carbons (Fsp3) is 0.550. The Morgan fingerprint density at radius 1 is 1.32 bits per heavy atom. The van der Waals surface area contributed by atoms with Crippen molar-refractivity contribution in [2.24, 2.45) is 0 Å². The summed E-state index contributed by atoms with van der Waals surface area (Å²) >= 11 is 0. The number of carbonyl (C=O) groups is 1. The van der Waals surface area contributed by atoms with Gasteiger partial charge in [0, 0.05) is 24.4 Å². The van der Waals surface area contributed by atoms with Crippen molar-refractivity contribution in [2.45, 2.75) is 65.5 Å². The van der Waals surface area contributed by atoms with Gasteiger partial charge in [0.2, 0.25) is 0 Å². The Labute approximate surface area is 150 Å². The normalized spacial score (nSPS) is 21.1. The lowest BCUT2D eigenvalue weighted by Crippen LogP contribution is -2.52. The fourth-order valence-corrected chi connectivity index (χ4v) is 2.92. The van der Waals surface area contributed by atoms with Gasteiger partial charge in [0.25, 0.3) is 0 Å². The standard InChI is InChI=1S/C20H29NO4/c1-12(2)10-17(22)24-19-18(23-13(3)4)15-11-14(21-7)8-9-16(15)25-20(19,5)6/h8-11,13,18-19,21H,1-7H3. The molecule has 1 heterocycles. The minimum atomic E-state index is -0.709. The molecule has 0 saturated heterocycles. The van der Waals surface area contributed by atoms with Gasteiger partial charge in [0.1, 0.15) is 17.5 Å². The largest absolute Gasteiger partial charge is 0.483 e. The van der Waals surface area contributed by atoms with Crippen molar-refractivity contribution in [2.75, 3.05) is 12.4 Å². The molecule has 0 fully saturated rings. The van der Waals surface area contributed by atoms with Crippen LogP contribution in [0, 0.1) is 0 Å². The number of ether oxygens (including phenoxy) is 3. The zero-order valence-electron chi connectivity index (χ0n) is 16.2. The number of anilines is 1. The quantitative estimate of drug-likeness (QED) is 0.638. The van der Waals surface area contributed by atoms with Crippen LogP contribution in [0.15, 0.2) is 29.8 Å². The highest BCUT2D eigenvalue weighted by atomic mass is 16.6. The molecule has 138 valence electrons. The van der Waals surface area contributed by atoms with Gasteiger partial charge in [0.05, 0.1) is 6.10 Å². The Bertz CT molecular complexity index is 660. The molecular weight excluding hydrogens is 318 g/mol. The maximum absolute atomic E-state index is 12.3. The van der Waals surface area contributed by atoms with Gasteiger partial charge < -0.3 is 19.5 Å². The molecule has 2 unspecified atom stereocenters. The van der Waals surface area contributed by atoms with Gasteiger partial charge in [-0.3, -0.25) is 0 Å². The van der Waals surface area contributed by atoms with Crippen LogP contribution >= 0.6 is 0 Å². The first kappa shape index (κ1) is 19.3. The van der Waals surface area contributed by atoms with Crippen molar-refractivity contribution in [1.29, 1.82) is 0 Å². The number of carbonyl (C=O) groups excluding carboxylic acids is 1. The Morgan fingerprint density at radius 2 is 2.00 bits per heavy atom. The van der Waals surface area contributed by atoms with Crippen molar-refractivity contribution in [1.82, 2.24) is 0 Å². The minimum absolute atomic E-state index is 0.0188. The summed E-state index contributed by atoms with van der Waals surface area (Å²) in [6.07, 6.45) is 0.510. The monoisotopic (exact) mass is 347 g/mol. The molecule has 0 aliphatic carbocycles. The Morgan fingerprint density at radius 3 is 2.56 bits per heavy atom. The zero-order chi connectivity index (χ0) is 18.8. The van der Waals surface area contributed by atoms with E-state index in [4.69, 9.17) is 14.2 Å². The molecule has 0 spiro atoms. The Hall–Kier alpha value is -2.01. The van der Waals surface area contributed by atoms with E-state index < -0.39 is 17.8 Å². The molecule has 5 nitrogen and oxygen atoms in total. The Balaban J connectivity index is 2.46. The summed E-state index contributed by atoms with van der Waals surface area (Å²) in [5, 5.41) is 3.13. The van der Waals surface area contributed by atoms with E-state index in [0.29, 0.717) is 0 Å². The Kier molecular flexibility index (Phi) is 5.78. The third-order valence-corrected chi connectivity index (χ3v) is 4.01. The van der Waals surface area contributed by atoms with Crippen LogP contribution in [0.3, 0.4) is 0 Å². The third-order valence-electron chi connectivity index (χ3n) is 4.01. The summed E-state index contributed by atoms with van der Waals surface area (Å²) < 4.78 is 18.1. The molecule has 1 aromatic carbocycles. The van der Waals surface area contributed by atoms with E-state index >= 15 is 0 Å². The average Bonchev–Trinajstić information content (AvgIpc) is 2.49. The van der Waals surface area contributed by atoms with Crippen LogP contribution < -0.4 is 10.1 Å². The number of hydrogen-bond donors (Lipinski definition) is 1. The maximum Gasteiger partial charge on any atom is 0.331 e. The number of benzene rings is 1. The highest BCUT2D eigenvalue weighted by molar-refractivity contribution is 5.83. The number of nitrogens with one attached hydrogen (secondary N) is 1. The number of allylic oxidation sites excluding steroid dienone is 1. The zero-order valence-corrected chi connectivity index (χ0v) is 16.2. The van der Waals surface area contributed by atoms with Gasteiger partial charge in [0.15, 0.2) is 6.10 Å². The lowest BCUT2D eigenvalue weighted by atomic mass is 9.87. The minimum Gasteiger partial charge on any atom is -0.483 e. The SMILES string of the molecule is CNc1ccc2c(c1)C(OC(C)C)C(OC(=O)C=C(C)C)C(C)(C)O2. The molecule has 1 aliphatic rings. The molecule has 0 bridgehead atoms. The van der Waals surface area contributed by atoms with Crippen molar-refractivity contribution >= 4 is 11.7 Å². The molecule has 0 radical (unpaired) electrons. The van der Waals surface area contributed by atoms with E-state index in [0.717, 1.165) is 22.6 Å². The van der Waals surface area contributed by atoms with Gasteiger partial charge in [-0.15, -0.1) is 0 Å². The van der Waals surface area contributed by atoms with Crippen molar-refractivity contribution in [3.63, 3.8) is 0 Å². The van der Waals surface area contributed by atoms with Crippen LogP contribution in [0.5, 0.6) is 5.75 Å². The molecule has 0 saturated carbocycles. The molecule has 0 amide bonds. The van der Waals surface area contributed by atoms with E-state index in [9.17, 15) is 4.79 Å².